The van der Waals surface area contributed by atoms with Crippen molar-refractivity contribution in [2.45, 2.75) is 36.9 Å². The highest BCUT2D eigenvalue weighted by molar-refractivity contribution is 6.41. The fourth-order valence-electron chi connectivity index (χ4n) is 4.65. The van der Waals surface area contributed by atoms with Crippen LogP contribution in [0.2, 0.25) is 10.0 Å². The molecule has 2 atom stereocenters. The van der Waals surface area contributed by atoms with Gasteiger partial charge in [0.1, 0.15) is 17.0 Å². The molecule has 1 saturated heterocycles. The van der Waals surface area contributed by atoms with Crippen molar-refractivity contribution in [2.75, 3.05) is 38.1 Å². The first-order valence-corrected chi connectivity index (χ1v) is 13.1. The summed E-state index contributed by atoms with van der Waals surface area (Å²) in [6.07, 6.45) is 2.08. The average molecular weight is 595 g/mol. The third-order valence-corrected chi connectivity index (χ3v) is 7.49. The number of benzene rings is 1. The third-order valence-electron chi connectivity index (χ3n) is 6.73. The Morgan fingerprint density at radius 3 is 2.40 bits per heavy atom. The maximum absolute atomic E-state index is 13.7. The third kappa shape index (κ3) is 5.56. The van der Waals surface area contributed by atoms with Gasteiger partial charge in [0.05, 0.1) is 55.3 Å². The van der Waals surface area contributed by atoms with Gasteiger partial charge >= 0.3 is 0 Å². The predicted molar refractivity (Wildman–Crippen MR) is 148 cm³/mol. The number of ether oxygens (including phenoxy) is 3. The average Bonchev–Trinajstić information content (AvgIpc) is 3.34. The number of aromatic nitrogens is 3. The van der Waals surface area contributed by atoms with E-state index in [1.165, 1.54) is 20.3 Å². The maximum atomic E-state index is 13.7. The van der Waals surface area contributed by atoms with E-state index in [-0.39, 0.29) is 52.6 Å². The molecule has 14 heteroatoms. The van der Waals surface area contributed by atoms with E-state index in [0.29, 0.717) is 46.9 Å². The van der Waals surface area contributed by atoms with Gasteiger partial charge in [0, 0.05) is 42.1 Å². The van der Waals surface area contributed by atoms with E-state index in [9.17, 15) is 13.6 Å². The minimum atomic E-state index is -2.74. The number of fused-ring (bicyclic) bond motifs is 1. The van der Waals surface area contributed by atoms with Crippen molar-refractivity contribution in [3.63, 3.8) is 0 Å². The molecule has 0 unspecified atom stereocenters. The number of amides is 1. The number of halogens is 4. The Balaban J connectivity index is 1.56. The number of hydrogen-bond donors (Lipinski definition) is 3. The molecule has 3 N–H and O–H groups in total. The van der Waals surface area contributed by atoms with Crippen LogP contribution in [0.1, 0.15) is 12.8 Å². The molecule has 1 saturated carbocycles. The maximum Gasteiger partial charge on any atom is 0.252 e. The first-order valence-electron chi connectivity index (χ1n) is 12.3. The summed E-state index contributed by atoms with van der Waals surface area (Å²) in [6.45, 7) is 4.10. The molecule has 1 aromatic carbocycles. The van der Waals surface area contributed by atoms with E-state index in [0.717, 1.165) is 0 Å². The molecule has 0 bridgehead atoms. The lowest BCUT2D eigenvalue weighted by Gasteiger charge is -2.35. The first kappa shape index (κ1) is 28.1. The number of nitrogens with zero attached hydrogens (tertiary/aromatic N) is 3. The molecule has 2 fully saturated rings. The Morgan fingerprint density at radius 2 is 1.77 bits per heavy atom. The van der Waals surface area contributed by atoms with Crippen molar-refractivity contribution < 1.29 is 27.8 Å². The fraction of sp³-hybridized carbons (Fsp3) is 0.385. The minimum Gasteiger partial charge on any atom is -0.495 e. The van der Waals surface area contributed by atoms with Gasteiger partial charge in [-0.15, -0.1) is 0 Å². The number of carbonyl (C=O) groups excluding carboxylic acids is 1. The van der Waals surface area contributed by atoms with Gasteiger partial charge in [-0.1, -0.05) is 29.8 Å². The van der Waals surface area contributed by atoms with Gasteiger partial charge in [0.2, 0.25) is 11.9 Å². The number of methoxy groups -OCH3 is 2. The van der Waals surface area contributed by atoms with Crippen LogP contribution in [0.4, 0.5) is 20.5 Å². The zero-order valence-electron chi connectivity index (χ0n) is 21.6. The van der Waals surface area contributed by atoms with Crippen LogP contribution >= 0.6 is 23.2 Å². The van der Waals surface area contributed by atoms with E-state index in [2.05, 4.69) is 32.5 Å². The van der Waals surface area contributed by atoms with Crippen LogP contribution in [0.5, 0.6) is 11.5 Å². The summed E-state index contributed by atoms with van der Waals surface area (Å²) in [5.74, 6) is -1.93. The number of alkyl halides is 2. The molecule has 2 aromatic heterocycles. The fourth-order valence-corrected chi connectivity index (χ4v) is 5.35. The zero-order valence-corrected chi connectivity index (χ0v) is 23.1. The number of carbonyl (C=O) groups is 1. The van der Waals surface area contributed by atoms with Crippen LogP contribution in [0, 0.1) is 0 Å². The highest BCUT2D eigenvalue weighted by atomic mass is 35.5. The lowest BCUT2D eigenvalue weighted by Crippen LogP contribution is -2.45. The van der Waals surface area contributed by atoms with E-state index in [1.54, 1.807) is 18.3 Å². The molecule has 1 aliphatic carbocycles. The summed E-state index contributed by atoms with van der Waals surface area (Å²) in [6, 6.07) is 2.10. The summed E-state index contributed by atoms with van der Waals surface area (Å²) in [5.41, 5.74) is 1.08. The molecular formula is C26H26Cl2F2N6O4. The molecule has 0 spiro atoms. The van der Waals surface area contributed by atoms with Crippen LogP contribution in [-0.2, 0) is 9.53 Å². The monoisotopic (exact) mass is 594 g/mol. The number of hydrogen-bond acceptors (Lipinski definition) is 9. The van der Waals surface area contributed by atoms with Crippen LogP contribution in [0.3, 0.4) is 0 Å². The molecule has 40 heavy (non-hydrogen) atoms. The van der Waals surface area contributed by atoms with E-state index in [1.807, 2.05) is 0 Å². The van der Waals surface area contributed by atoms with Crippen molar-refractivity contribution in [1.29, 1.82) is 0 Å². The van der Waals surface area contributed by atoms with E-state index < -0.39 is 12.0 Å². The van der Waals surface area contributed by atoms with Crippen LogP contribution in [0.25, 0.3) is 22.2 Å². The van der Waals surface area contributed by atoms with Crippen molar-refractivity contribution in [2.24, 2.45) is 0 Å². The van der Waals surface area contributed by atoms with Gasteiger partial charge in [0.25, 0.3) is 5.92 Å². The summed E-state index contributed by atoms with van der Waals surface area (Å²) >= 11 is 13.3. The van der Waals surface area contributed by atoms with Crippen LogP contribution in [0.15, 0.2) is 31.0 Å². The molecule has 1 aliphatic heterocycles. The standard InChI is InChI=1S/C26H26Cl2F2N6O4/c1-4-19(37)33-15-10-40-11-16(15)35-25-31-9-12-5-14(20-21(27)17(38-2)6-18(39-3)22(20)28)34-24(23(12)36-25)32-13-7-26(29,30)8-13/h4-6,9,13,15-16H,1,7-8,10-11H2,2-3H3,(H,32,34)(H,33,37)(H,31,35,36)/t15-,16+/m0/s1. The van der Waals surface area contributed by atoms with E-state index in [4.69, 9.17) is 42.4 Å². The highest BCUT2D eigenvalue weighted by Gasteiger charge is 2.45. The van der Waals surface area contributed by atoms with Gasteiger partial charge in [-0.3, -0.25) is 4.79 Å². The Bertz CT molecular complexity index is 1440. The van der Waals surface area contributed by atoms with Gasteiger partial charge in [-0.05, 0) is 12.1 Å². The van der Waals surface area contributed by atoms with Crippen molar-refractivity contribution >= 4 is 51.8 Å². The Morgan fingerprint density at radius 1 is 1.10 bits per heavy atom. The van der Waals surface area contributed by atoms with Crippen LogP contribution in [-0.4, -0.2) is 72.3 Å². The SMILES string of the molecule is C=CC(=O)N[C@H]1COC[C@H]1Nc1ncc2cc(-c3c(Cl)c(OC)cc(OC)c3Cl)nc(NC3CC(F)(F)C3)c2n1. The topological polar surface area (TPSA) is 120 Å². The van der Waals surface area contributed by atoms with E-state index >= 15 is 0 Å². The molecule has 3 aromatic rings. The van der Waals surface area contributed by atoms with Gasteiger partial charge in [-0.25, -0.2) is 23.7 Å². The van der Waals surface area contributed by atoms with Gasteiger partial charge in [0.15, 0.2) is 5.82 Å². The largest absolute Gasteiger partial charge is 0.495 e. The smallest absolute Gasteiger partial charge is 0.252 e. The molecule has 5 rings (SSSR count). The molecule has 1 amide bonds. The molecule has 0 radical (unpaired) electrons. The lowest BCUT2D eigenvalue weighted by molar-refractivity contribution is -0.117. The summed E-state index contributed by atoms with van der Waals surface area (Å²) < 4.78 is 43.6. The quantitative estimate of drug-likeness (QED) is 0.303. The molecule has 3 heterocycles. The minimum absolute atomic E-state index is 0.203. The van der Waals surface area contributed by atoms with Gasteiger partial charge < -0.3 is 30.2 Å². The lowest BCUT2D eigenvalue weighted by atomic mass is 9.88. The second kappa shape index (κ2) is 11.2. The molecular weight excluding hydrogens is 569 g/mol. The number of rotatable bonds is 9. The predicted octanol–water partition coefficient (Wildman–Crippen LogP) is 4.71. The highest BCUT2D eigenvalue weighted by Crippen LogP contribution is 2.46. The summed E-state index contributed by atoms with van der Waals surface area (Å²) in [7, 11) is 2.92. The Hall–Kier alpha value is -3.48. The molecule has 2 aliphatic rings. The second-order valence-corrected chi connectivity index (χ2v) is 10.2. The normalized spacial score (nSPS) is 20.1. The molecule has 10 nitrogen and oxygen atoms in total. The number of nitrogens with one attached hydrogen (secondary N) is 3. The Kier molecular flexibility index (Phi) is 7.85. The number of pyridine rings is 1. The second-order valence-electron chi connectivity index (χ2n) is 9.48. The van der Waals surface area contributed by atoms with Crippen molar-refractivity contribution in [3.05, 3.63) is 41.0 Å². The summed E-state index contributed by atoms with van der Waals surface area (Å²) in [4.78, 5) is 25.6. The first-order chi connectivity index (χ1) is 19.1. The van der Waals surface area contributed by atoms with Crippen molar-refractivity contribution in [3.8, 4) is 22.8 Å². The zero-order chi connectivity index (χ0) is 28.6. The van der Waals surface area contributed by atoms with Crippen LogP contribution < -0.4 is 25.4 Å². The number of anilines is 2. The van der Waals surface area contributed by atoms with Gasteiger partial charge in [-0.2, -0.15) is 0 Å². The summed E-state index contributed by atoms with van der Waals surface area (Å²) in [5, 5.41) is 10.0. The van der Waals surface area contributed by atoms with Crippen molar-refractivity contribution in [1.82, 2.24) is 20.3 Å². The molecule has 212 valence electrons. The Labute approximate surface area is 238 Å².